The summed E-state index contributed by atoms with van der Waals surface area (Å²) in [5, 5.41) is 32.9. The number of carbonyl (C=O) groups is 3. The number of hydrogen-bond donors (Lipinski definition) is 3. The van der Waals surface area contributed by atoms with Crippen LogP contribution in [0.4, 0.5) is 4.39 Å². The monoisotopic (exact) mass is 873 g/mol. The summed E-state index contributed by atoms with van der Waals surface area (Å²) in [7, 11) is 0. The lowest BCUT2D eigenvalue weighted by Crippen LogP contribution is -2.63. The molecular weight excluding hydrogens is 800 g/mol. The molecule has 0 unspecified atom stereocenters. The molecule has 62 heavy (non-hydrogen) atoms. The molecule has 0 amide bonds. The Morgan fingerprint density at radius 1 is 0.887 bits per heavy atom. The molecule has 3 N–H and O–H groups in total. The zero-order valence-corrected chi connectivity index (χ0v) is 38.5. The number of hydrogen-bond acceptors (Lipinski definition) is 11. The van der Waals surface area contributed by atoms with E-state index in [-0.39, 0.29) is 29.1 Å². The van der Waals surface area contributed by atoms with E-state index in [2.05, 4.69) is 13.8 Å². The Kier molecular flexibility index (Phi) is 14.9. The quantitative estimate of drug-likeness (QED) is 0.121. The molecule has 1 aromatic rings. The number of esters is 1. The van der Waals surface area contributed by atoms with Crippen LogP contribution in [0.2, 0.25) is 0 Å². The molecule has 0 saturated carbocycles. The number of ketones is 1. The fraction of sp³-hybridized carbons (Fsp3) is 0.776. The van der Waals surface area contributed by atoms with Crippen LogP contribution >= 0.6 is 0 Å². The molecule has 0 aromatic heterocycles. The van der Waals surface area contributed by atoms with Crippen LogP contribution in [0.1, 0.15) is 144 Å². The lowest BCUT2D eigenvalue weighted by molar-refractivity contribution is -0.408. The first-order valence-corrected chi connectivity index (χ1v) is 23.4. The molecule has 4 saturated heterocycles. The van der Waals surface area contributed by atoms with Crippen LogP contribution in [-0.4, -0.2) is 98.5 Å². The summed E-state index contributed by atoms with van der Waals surface area (Å²) in [6.45, 7) is 19.4. The topological polar surface area (TPSA) is 167 Å². The average Bonchev–Trinajstić information content (AvgIpc) is 3.58. The fourth-order valence-corrected chi connectivity index (χ4v) is 11.4. The SMILES string of the molecule is CC[C@@H](C(=O)[C@@H](C)[C@@H](O)[C@H](C)[C@@H]1O[C@@H]([C@@H](CC)C(=O)O)CC[C@@H]1C)[C@H]1O[C@]2(C=C[C@H](OC(=O)c3ccc(F)cc3)[C@]3(CC[C@@](C)([C@H]4CC[C@](O)(CC)[C@H](C)O4)O3)O2)[C@H](C)C[C@@H]1C. The van der Waals surface area contributed by atoms with E-state index >= 15 is 0 Å². The Labute approximate surface area is 367 Å². The van der Waals surface area contributed by atoms with Gasteiger partial charge in [-0.15, -0.1) is 0 Å². The number of carbonyl (C=O) groups excluding carboxylic acids is 2. The maximum Gasteiger partial charge on any atom is 0.338 e. The van der Waals surface area contributed by atoms with Gasteiger partial charge < -0.3 is 43.7 Å². The minimum atomic E-state index is -1.53. The third-order valence-electron chi connectivity index (χ3n) is 15.7. The van der Waals surface area contributed by atoms with Crippen LogP contribution in [0.3, 0.4) is 0 Å². The lowest BCUT2D eigenvalue weighted by Gasteiger charge is -2.54. The van der Waals surface area contributed by atoms with Gasteiger partial charge in [-0.25, -0.2) is 9.18 Å². The molecule has 1 aromatic carbocycles. The second kappa shape index (κ2) is 19.0. The van der Waals surface area contributed by atoms with Crippen LogP contribution in [0.25, 0.3) is 0 Å². The van der Waals surface area contributed by atoms with E-state index < -0.39 is 107 Å². The molecule has 5 aliphatic rings. The molecule has 6 rings (SSSR count). The van der Waals surface area contributed by atoms with E-state index in [0.29, 0.717) is 57.8 Å². The normalized spacial score (nSPS) is 41.0. The molecule has 348 valence electrons. The van der Waals surface area contributed by atoms with Crippen molar-refractivity contribution >= 4 is 17.7 Å². The van der Waals surface area contributed by atoms with Crippen LogP contribution in [0.5, 0.6) is 0 Å². The van der Waals surface area contributed by atoms with Gasteiger partial charge in [0.1, 0.15) is 11.6 Å². The first-order chi connectivity index (χ1) is 29.2. The van der Waals surface area contributed by atoms with Gasteiger partial charge in [-0.3, -0.25) is 9.59 Å². The van der Waals surface area contributed by atoms with E-state index in [0.717, 1.165) is 6.42 Å². The molecule has 5 heterocycles. The number of aliphatic hydroxyl groups excluding tert-OH is 1. The highest BCUT2D eigenvalue weighted by Gasteiger charge is 2.64. The molecule has 12 nitrogen and oxygen atoms in total. The van der Waals surface area contributed by atoms with Gasteiger partial charge in [-0.05, 0) is 120 Å². The van der Waals surface area contributed by atoms with Crippen LogP contribution < -0.4 is 0 Å². The maximum absolute atomic E-state index is 14.7. The predicted molar refractivity (Wildman–Crippen MR) is 228 cm³/mol. The molecule has 5 aliphatic heterocycles. The summed E-state index contributed by atoms with van der Waals surface area (Å²) in [5.74, 6) is -7.76. The third-order valence-corrected chi connectivity index (χ3v) is 15.7. The second-order valence-corrected chi connectivity index (χ2v) is 19.8. The maximum atomic E-state index is 14.7. The molecular formula is C49H73FO12. The molecule has 13 heteroatoms. The molecule has 2 spiro atoms. The molecule has 0 aliphatic carbocycles. The first-order valence-electron chi connectivity index (χ1n) is 23.4. The fourth-order valence-electron chi connectivity index (χ4n) is 11.4. The van der Waals surface area contributed by atoms with Crippen molar-refractivity contribution in [2.24, 2.45) is 41.4 Å². The Morgan fingerprint density at radius 3 is 2.18 bits per heavy atom. The van der Waals surface area contributed by atoms with E-state index in [4.69, 9.17) is 28.4 Å². The molecule has 0 bridgehead atoms. The van der Waals surface area contributed by atoms with Crippen LogP contribution in [0, 0.1) is 47.2 Å². The van der Waals surface area contributed by atoms with Crippen molar-refractivity contribution in [3.63, 3.8) is 0 Å². The standard InChI is InChI=1S/C49H73FO12/c1-11-35(44(53)54)37-19-14-27(4)42(58-37)31(8)40(51)30(7)41(52)36(12-2)43-28(5)26-29(6)48(60-43)23-21-39(59-45(55)33-15-17-34(50)18-16-33)49(62-48)25-24-46(10,61-49)38-20-22-47(56,13-3)32(9)57-38/h15-18,21,23,27-32,35-40,42-43,51,56H,11-14,19-20,22,24-26H2,1-10H3,(H,53,54)/t27-,28-,29+,30-,31-,32-,35+,36-,37+,38+,39-,40+,42+,43-,46-,47+,48-,49-/m0/s1. The van der Waals surface area contributed by atoms with E-state index in [1.54, 1.807) is 19.1 Å². The summed E-state index contributed by atoms with van der Waals surface area (Å²) in [6.07, 6.45) is 4.49. The van der Waals surface area contributed by atoms with Crippen molar-refractivity contribution in [1.82, 2.24) is 0 Å². The van der Waals surface area contributed by atoms with Gasteiger partial charge in [-0.2, -0.15) is 0 Å². The largest absolute Gasteiger partial charge is 0.481 e. The average molecular weight is 873 g/mol. The number of Topliss-reactive ketones (excluding diaryl/α,β-unsaturated/α-hetero) is 1. The van der Waals surface area contributed by atoms with Crippen molar-refractivity contribution < 1.29 is 62.5 Å². The van der Waals surface area contributed by atoms with Gasteiger partial charge in [0.05, 0.1) is 59.3 Å². The van der Waals surface area contributed by atoms with Crippen molar-refractivity contribution in [2.45, 2.75) is 199 Å². The summed E-state index contributed by atoms with van der Waals surface area (Å²) in [6, 6.07) is 5.13. The third kappa shape index (κ3) is 9.33. The Balaban J connectivity index is 1.25. The van der Waals surface area contributed by atoms with E-state index in [1.165, 1.54) is 24.3 Å². The lowest BCUT2D eigenvalue weighted by atomic mass is 9.72. The highest BCUT2D eigenvalue weighted by molar-refractivity contribution is 5.89. The number of carboxylic acids is 1. The number of rotatable bonds is 14. The summed E-state index contributed by atoms with van der Waals surface area (Å²) < 4.78 is 54.2. The number of benzene rings is 1. The van der Waals surface area contributed by atoms with Crippen molar-refractivity contribution in [3.05, 3.63) is 47.8 Å². The first kappa shape index (κ1) is 48.7. The van der Waals surface area contributed by atoms with Gasteiger partial charge in [0.2, 0.25) is 5.79 Å². The van der Waals surface area contributed by atoms with Crippen LogP contribution in [0.15, 0.2) is 36.4 Å². The second-order valence-electron chi connectivity index (χ2n) is 19.8. The van der Waals surface area contributed by atoms with Gasteiger partial charge in [0, 0.05) is 30.1 Å². The van der Waals surface area contributed by atoms with Gasteiger partial charge in [0.25, 0.3) is 0 Å². The number of ether oxygens (including phenoxy) is 6. The zero-order chi connectivity index (χ0) is 45.5. The Morgan fingerprint density at radius 2 is 1.56 bits per heavy atom. The van der Waals surface area contributed by atoms with Crippen molar-refractivity contribution in [2.75, 3.05) is 0 Å². The number of carboxylic acid groups (broad SMARTS) is 1. The smallest absolute Gasteiger partial charge is 0.338 e. The predicted octanol–water partition coefficient (Wildman–Crippen LogP) is 8.19. The Hall–Kier alpha value is -2.78. The summed E-state index contributed by atoms with van der Waals surface area (Å²) >= 11 is 0. The van der Waals surface area contributed by atoms with Crippen molar-refractivity contribution in [1.29, 1.82) is 0 Å². The highest BCUT2D eigenvalue weighted by Crippen LogP contribution is 2.55. The summed E-state index contributed by atoms with van der Waals surface area (Å²) in [5.41, 5.74) is -1.68. The minimum Gasteiger partial charge on any atom is -0.481 e. The number of aliphatic hydroxyl groups is 2. The molecule has 18 atom stereocenters. The van der Waals surface area contributed by atoms with Crippen molar-refractivity contribution in [3.8, 4) is 0 Å². The minimum absolute atomic E-state index is 0.0677. The molecule has 4 fully saturated rings. The van der Waals surface area contributed by atoms with E-state index in [1.807, 2.05) is 48.5 Å². The number of aliphatic carboxylic acids is 1. The van der Waals surface area contributed by atoms with Gasteiger partial charge in [0.15, 0.2) is 11.9 Å². The van der Waals surface area contributed by atoms with Gasteiger partial charge >= 0.3 is 11.9 Å². The highest BCUT2D eigenvalue weighted by atomic mass is 19.1. The molecule has 0 radical (unpaired) electrons. The summed E-state index contributed by atoms with van der Waals surface area (Å²) in [4.78, 5) is 40.3. The Bertz CT molecular complexity index is 1770. The van der Waals surface area contributed by atoms with E-state index in [9.17, 15) is 34.1 Å². The van der Waals surface area contributed by atoms with Gasteiger partial charge in [-0.1, -0.05) is 55.4 Å². The zero-order valence-electron chi connectivity index (χ0n) is 38.5. The number of halogens is 1. The van der Waals surface area contributed by atoms with Crippen LogP contribution in [-0.2, 0) is 38.0 Å².